The second-order valence-electron chi connectivity index (χ2n) is 6.09. The number of pyridine rings is 1. The van der Waals surface area contributed by atoms with E-state index in [0.29, 0.717) is 15.8 Å². The molecule has 8 heteroatoms. The summed E-state index contributed by atoms with van der Waals surface area (Å²) >= 11 is 0. The molecule has 0 N–H and O–H groups in total. The van der Waals surface area contributed by atoms with Gasteiger partial charge < -0.3 is 4.74 Å². The molecule has 8 nitrogen and oxygen atoms in total. The Morgan fingerprint density at radius 1 is 0.966 bits per heavy atom. The van der Waals surface area contributed by atoms with Crippen molar-refractivity contribution in [2.45, 2.75) is 6.92 Å². The van der Waals surface area contributed by atoms with Crippen LogP contribution in [0, 0.1) is 0 Å². The van der Waals surface area contributed by atoms with Crippen LogP contribution >= 0.6 is 0 Å². The van der Waals surface area contributed by atoms with Gasteiger partial charge in [-0.05, 0) is 30.5 Å². The first-order chi connectivity index (χ1) is 14.1. The lowest BCUT2D eigenvalue weighted by atomic mass is 10.1. The van der Waals surface area contributed by atoms with Gasteiger partial charge in [0, 0.05) is 17.1 Å². The third-order valence-corrected chi connectivity index (χ3v) is 4.32. The predicted molar refractivity (Wildman–Crippen MR) is 106 cm³/mol. The molecule has 0 bridgehead atoms. The maximum atomic E-state index is 13.0. The molecule has 0 radical (unpaired) electrons. The summed E-state index contributed by atoms with van der Waals surface area (Å²) in [5.41, 5.74) is -0.359. The van der Waals surface area contributed by atoms with Gasteiger partial charge in [0.1, 0.15) is 5.69 Å². The van der Waals surface area contributed by atoms with Crippen molar-refractivity contribution >= 4 is 22.8 Å². The highest BCUT2D eigenvalue weighted by Crippen LogP contribution is 2.24. The van der Waals surface area contributed by atoms with Crippen LogP contribution in [-0.2, 0) is 4.74 Å². The average Bonchev–Trinajstić information content (AvgIpc) is 3.10. The van der Waals surface area contributed by atoms with Gasteiger partial charge in [0.2, 0.25) is 0 Å². The number of hydrogen-bond donors (Lipinski definition) is 0. The summed E-state index contributed by atoms with van der Waals surface area (Å²) in [4.78, 5) is 46.6. The number of hydrogen-bond acceptors (Lipinski definition) is 6. The maximum Gasteiger partial charge on any atom is 0.435 e. The Bertz CT molecular complexity index is 1270. The van der Waals surface area contributed by atoms with E-state index in [-0.39, 0.29) is 18.0 Å². The average molecular weight is 388 g/mol. The molecule has 2 aromatic heterocycles. The van der Waals surface area contributed by atoms with E-state index in [4.69, 9.17) is 4.74 Å². The monoisotopic (exact) mass is 388 g/mol. The van der Waals surface area contributed by atoms with E-state index in [1.54, 1.807) is 55.6 Å². The molecule has 0 saturated carbocycles. The van der Waals surface area contributed by atoms with Gasteiger partial charge in [0.15, 0.2) is 5.82 Å². The molecule has 0 fully saturated rings. The van der Waals surface area contributed by atoms with Crippen molar-refractivity contribution in [2.75, 3.05) is 6.61 Å². The van der Waals surface area contributed by atoms with Crippen molar-refractivity contribution in [3.63, 3.8) is 0 Å². The number of aromatic nitrogens is 4. The van der Waals surface area contributed by atoms with Crippen molar-refractivity contribution in [3.05, 3.63) is 82.9 Å². The highest BCUT2D eigenvalue weighted by atomic mass is 16.6. The normalized spacial score (nSPS) is 10.8. The predicted octanol–water partition coefficient (Wildman–Crippen LogP) is 2.95. The molecule has 0 atom stereocenters. The van der Waals surface area contributed by atoms with Crippen LogP contribution in [-0.4, -0.2) is 37.9 Å². The number of benzene rings is 2. The Morgan fingerprint density at radius 3 is 2.45 bits per heavy atom. The standard InChI is InChI=1S/C21H16N4O4/c1-2-29-21(28)24-18(17-16-11-7-6-8-14(16)12-13-22-17)23-20(27)25(24)19(26)15-9-4-3-5-10-15/h3-13H,2H2,1H3. The fourth-order valence-corrected chi connectivity index (χ4v) is 3.05. The molecule has 0 amide bonds. The quantitative estimate of drug-likeness (QED) is 0.535. The largest absolute Gasteiger partial charge is 0.448 e. The Balaban J connectivity index is 2.00. The van der Waals surface area contributed by atoms with E-state index in [1.165, 1.54) is 0 Å². The molecule has 2 heterocycles. The van der Waals surface area contributed by atoms with Gasteiger partial charge in [-0.25, -0.2) is 9.59 Å². The number of carbonyl (C=O) groups excluding carboxylic acids is 2. The molecule has 0 aliphatic heterocycles. The minimum Gasteiger partial charge on any atom is -0.448 e. The highest BCUT2D eigenvalue weighted by Gasteiger charge is 2.27. The minimum absolute atomic E-state index is 0.0606. The molecule has 0 unspecified atom stereocenters. The Hall–Kier alpha value is -4.07. The van der Waals surface area contributed by atoms with E-state index < -0.39 is 17.7 Å². The number of nitrogens with zero attached hydrogens (tertiary/aromatic N) is 4. The number of ether oxygens (including phenoxy) is 1. The SMILES string of the molecule is CCOC(=O)n1c(-c2nccc3ccccc23)nc(=O)n1C(=O)c1ccccc1. The van der Waals surface area contributed by atoms with Crippen molar-refractivity contribution in [3.8, 4) is 11.5 Å². The van der Waals surface area contributed by atoms with Gasteiger partial charge >= 0.3 is 11.8 Å². The zero-order chi connectivity index (χ0) is 20.4. The van der Waals surface area contributed by atoms with Gasteiger partial charge in [0.25, 0.3) is 5.91 Å². The summed E-state index contributed by atoms with van der Waals surface area (Å²) in [6, 6.07) is 17.3. The smallest absolute Gasteiger partial charge is 0.435 e. The van der Waals surface area contributed by atoms with Crippen LogP contribution in [0.5, 0.6) is 0 Å². The molecule has 4 aromatic rings. The van der Waals surface area contributed by atoms with Gasteiger partial charge in [-0.15, -0.1) is 0 Å². The number of fused-ring (bicyclic) bond motifs is 1. The second kappa shape index (κ2) is 7.51. The van der Waals surface area contributed by atoms with Crippen LogP contribution in [0.25, 0.3) is 22.3 Å². The van der Waals surface area contributed by atoms with Crippen molar-refractivity contribution < 1.29 is 14.3 Å². The fraction of sp³-hybridized carbons (Fsp3) is 0.0952. The molecular weight excluding hydrogens is 372 g/mol. The van der Waals surface area contributed by atoms with Crippen LogP contribution in [0.4, 0.5) is 4.79 Å². The number of rotatable bonds is 3. The van der Waals surface area contributed by atoms with E-state index in [1.807, 2.05) is 18.2 Å². The summed E-state index contributed by atoms with van der Waals surface area (Å²) in [5, 5.41) is 1.54. The topological polar surface area (TPSA) is 96.1 Å². The lowest BCUT2D eigenvalue weighted by molar-refractivity contribution is 0.0908. The zero-order valence-electron chi connectivity index (χ0n) is 15.5. The lowest BCUT2D eigenvalue weighted by Gasteiger charge is -2.11. The van der Waals surface area contributed by atoms with E-state index >= 15 is 0 Å². The van der Waals surface area contributed by atoms with Gasteiger partial charge in [-0.3, -0.25) is 9.78 Å². The third-order valence-electron chi connectivity index (χ3n) is 4.32. The maximum absolute atomic E-state index is 13.0. The molecule has 2 aromatic carbocycles. The second-order valence-corrected chi connectivity index (χ2v) is 6.09. The van der Waals surface area contributed by atoms with Crippen LogP contribution in [0.1, 0.15) is 17.3 Å². The Kier molecular flexibility index (Phi) is 4.74. The van der Waals surface area contributed by atoms with Crippen LogP contribution in [0.3, 0.4) is 0 Å². The third kappa shape index (κ3) is 3.20. The molecule has 29 heavy (non-hydrogen) atoms. The summed E-state index contributed by atoms with van der Waals surface area (Å²) in [6.07, 6.45) is 0.659. The van der Waals surface area contributed by atoms with E-state index in [0.717, 1.165) is 10.1 Å². The zero-order valence-corrected chi connectivity index (χ0v) is 15.5. The molecular formula is C21H16N4O4. The van der Waals surface area contributed by atoms with Gasteiger partial charge in [-0.1, -0.05) is 42.5 Å². The minimum atomic E-state index is -0.892. The van der Waals surface area contributed by atoms with E-state index in [2.05, 4.69) is 9.97 Å². The summed E-state index contributed by atoms with van der Waals surface area (Å²) in [7, 11) is 0. The van der Waals surface area contributed by atoms with Gasteiger partial charge in [-0.2, -0.15) is 14.3 Å². The summed E-state index contributed by atoms with van der Waals surface area (Å²) in [6.45, 7) is 1.69. The van der Waals surface area contributed by atoms with Crippen LogP contribution in [0.15, 0.2) is 71.7 Å². The molecule has 0 saturated heterocycles. The molecule has 0 aliphatic carbocycles. The van der Waals surface area contributed by atoms with Crippen molar-refractivity contribution in [1.82, 2.24) is 19.3 Å². The van der Waals surface area contributed by atoms with Crippen LogP contribution in [0.2, 0.25) is 0 Å². The number of carbonyl (C=O) groups is 2. The summed E-state index contributed by atoms with van der Waals surface area (Å²) < 4.78 is 6.60. The molecule has 144 valence electrons. The first-order valence-corrected chi connectivity index (χ1v) is 8.95. The highest BCUT2D eigenvalue weighted by molar-refractivity contribution is 5.98. The molecule has 0 aliphatic rings. The summed E-state index contributed by atoms with van der Waals surface area (Å²) in [5.74, 6) is -0.753. The van der Waals surface area contributed by atoms with E-state index in [9.17, 15) is 14.4 Å². The first kappa shape index (κ1) is 18.3. The first-order valence-electron chi connectivity index (χ1n) is 8.95. The molecule has 0 spiro atoms. The fourth-order valence-electron chi connectivity index (χ4n) is 3.05. The molecule has 4 rings (SSSR count). The Labute approximate surface area is 165 Å². The lowest BCUT2D eigenvalue weighted by Crippen LogP contribution is -2.34. The van der Waals surface area contributed by atoms with Crippen molar-refractivity contribution in [1.29, 1.82) is 0 Å². The van der Waals surface area contributed by atoms with Gasteiger partial charge in [0.05, 0.1) is 6.61 Å². The van der Waals surface area contributed by atoms with Crippen LogP contribution < -0.4 is 5.69 Å². The Morgan fingerprint density at radius 2 is 1.69 bits per heavy atom. The van der Waals surface area contributed by atoms with Crippen molar-refractivity contribution in [2.24, 2.45) is 0 Å².